The quantitative estimate of drug-likeness (QED) is 0.879. The normalized spacial score (nSPS) is 10.2. The largest absolute Gasteiger partial charge is 0.478 e. The van der Waals surface area contributed by atoms with E-state index in [1.165, 1.54) is 24.3 Å². The second-order valence-electron chi connectivity index (χ2n) is 3.48. The number of rotatable bonds is 2. The van der Waals surface area contributed by atoms with Crippen LogP contribution in [0.25, 0.3) is 11.1 Å². The Balaban J connectivity index is 2.63. The summed E-state index contributed by atoms with van der Waals surface area (Å²) in [7, 11) is 0. The Morgan fingerprint density at radius 2 is 1.82 bits per heavy atom. The van der Waals surface area contributed by atoms with E-state index in [0.717, 1.165) is 0 Å². The fourth-order valence-corrected chi connectivity index (χ4v) is 1.76. The van der Waals surface area contributed by atoms with Gasteiger partial charge < -0.3 is 5.11 Å². The molecule has 0 bridgehead atoms. The summed E-state index contributed by atoms with van der Waals surface area (Å²) in [5.74, 6) is -1.50. The van der Waals surface area contributed by atoms with E-state index in [-0.39, 0.29) is 5.56 Å². The van der Waals surface area contributed by atoms with E-state index in [2.05, 4.69) is 0 Å². The third-order valence-electron chi connectivity index (χ3n) is 2.38. The van der Waals surface area contributed by atoms with Crippen LogP contribution in [0.15, 0.2) is 42.5 Å². The van der Waals surface area contributed by atoms with Crippen LogP contribution in [-0.2, 0) is 0 Å². The molecule has 0 amide bonds. The molecule has 0 radical (unpaired) electrons. The molecule has 0 fully saturated rings. The van der Waals surface area contributed by atoms with Gasteiger partial charge in [-0.05, 0) is 24.3 Å². The van der Waals surface area contributed by atoms with Crippen molar-refractivity contribution in [2.45, 2.75) is 0 Å². The molecule has 0 aliphatic carbocycles. The summed E-state index contributed by atoms with van der Waals surface area (Å²) >= 11 is 5.95. The van der Waals surface area contributed by atoms with Gasteiger partial charge in [-0.2, -0.15) is 0 Å². The second-order valence-corrected chi connectivity index (χ2v) is 3.89. The molecule has 0 saturated carbocycles. The zero-order chi connectivity index (χ0) is 12.4. The number of carboxylic acid groups (broad SMARTS) is 1. The number of hydrogen-bond donors (Lipinski definition) is 1. The van der Waals surface area contributed by atoms with Crippen molar-refractivity contribution in [1.82, 2.24) is 0 Å². The molecule has 17 heavy (non-hydrogen) atoms. The Hall–Kier alpha value is -1.87. The lowest BCUT2D eigenvalue weighted by Gasteiger charge is -2.06. The Morgan fingerprint density at radius 1 is 1.12 bits per heavy atom. The van der Waals surface area contributed by atoms with E-state index in [1.54, 1.807) is 18.2 Å². The first-order valence-corrected chi connectivity index (χ1v) is 5.25. The van der Waals surface area contributed by atoms with Crippen molar-refractivity contribution in [2.75, 3.05) is 0 Å². The van der Waals surface area contributed by atoms with Gasteiger partial charge in [-0.25, -0.2) is 9.18 Å². The molecule has 0 unspecified atom stereocenters. The summed E-state index contributed by atoms with van der Waals surface area (Å²) in [5.41, 5.74) is 0.748. The summed E-state index contributed by atoms with van der Waals surface area (Å²) in [6.45, 7) is 0. The number of carbonyl (C=O) groups is 1. The molecule has 0 aliphatic rings. The molecule has 0 heterocycles. The Bertz CT molecular complexity index is 581. The van der Waals surface area contributed by atoms with Crippen molar-refractivity contribution in [3.8, 4) is 11.1 Å². The van der Waals surface area contributed by atoms with Crippen molar-refractivity contribution in [1.29, 1.82) is 0 Å². The van der Waals surface area contributed by atoms with Crippen LogP contribution in [-0.4, -0.2) is 11.1 Å². The Labute approximate surface area is 102 Å². The standard InChI is InChI=1S/C13H8ClFO2/c14-11-6-5-8(13(16)17)7-10(11)9-3-1-2-4-12(9)15/h1-7H,(H,16,17). The molecule has 2 aromatic rings. The molecule has 2 nitrogen and oxygen atoms in total. The molecule has 0 saturated heterocycles. The minimum Gasteiger partial charge on any atom is -0.478 e. The van der Waals surface area contributed by atoms with Crippen molar-refractivity contribution < 1.29 is 14.3 Å². The van der Waals surface area contributed by atoms with Crippen LogP contribution in [0.3, 0.4) is 0 Å². The van der Waals surface area contributed by atoms with E-state index >= 15 is 0 Å². The summed E-state index contributed by atoms with van der Waals surface area (Å²) in [5, 5.41) is 9.20. The first kappa shape index (κ1) is 11.6. The van der Waals surface area contributed by atoms with Crippen molar-refractivity contribution in [3.05, 3.63) is 58.9 Å². The van der Waals surface area contributed by atoms with Crippen LogP contribution < -0.4 is 0 Å². The smallest absolute Gasteiger partial charge is 0.335 e. The third-order valence-corrected chi connectivity index (χ3v) is 2.71. The average Bonchev–Trinajstić information content (AvgIpc) is 2.30. The van der Waals surface area contributed by atoms with Crippen LogP contribution in [0.5, 0.6) is 0 Å². The van der Waals surface area contributed by atoms with Gasteiger partial charge in [0.1, 0.15) is 5.82 Å². The van der Waals surface area contributed by atoms with Crippen LogP contribution >= 0.6 is 11.6 Å². The predicted molar refractivity (Wildman–Crippen MR) is 63.8 cm³/mol. The lowest BCUT2D eigenvalue weighted by molar-refractivity contribution is 0.0697. The topological polar surface area (TPSA) is 37.3 Å². The van der Waals surface area contributed by atoms with Crippen molar-refractivity contribution in [3.63, 3.8) is 0 Å². The lowest BCUT2D eigenvalue weighted by Crippen LogP contribution is -1.97. The van der Waals surface area contributed by atoms with E-state index < -0.39 is 11.8 Å². The fourth-order valence-electron chi connectivity index (χ4n) is 1.54. The van der Waals surface area contributed by atoms with Crippen molar-refractivity contribution in [2.24, 2.45) is 0 Å². The minimum atomic E-state index is -1.07. The molecule has 1 N–H and O–H groups in total. The zero-order valence-electron chi connectivity index (χ0n) is 8.65. The van der Waals surface area contributed by atoms with Gasteiger partial charge in [-0.15, -0.1) is 0 Å². The predicted octanol–water partition coefficient (Wildman–Crippen LogP) is 3.84. The molecular weight excluding hydrogens is 243 g/mol. The molecule has 0 aliphatic heterocycles. The van der Waals surface area contributed by atoms with E-state index in [0.29, 0.717) is 16.1 Å². The van der Waals surface area contributed by atoms with Gasteiger partial charge in [0.25, 0.3) is 0 Å². The number of hydrogen-bond acceptors (Lipinski definition) is 1. The molecule has 2 rings (SSSR count). The SMILES string of the molecule is O=C(O)c1ccc(Cl)c(-c2ccccc2F)c1. The van der Waals surface area contributed by atoms with Gasteiger partial charge in [0.05, 0.1) is 5.56 Å². The molecule has 0 atom stereocenters. The maximum Gasteiger partial charge on any atom is 0.335 e. The fraction of sp³-hybridized carbons (Fsp3) is 0. The highest BCUT2D eigenvalue weighted by Crippen LogP contribution is 2.30. The first-order chi connectivity index (χ1) is 8.09. The monoisotopic (exact) mass is 250 g/mol. The maximum atomic E-state index is 13.6. The van der Waals surface area contributed by atoms with Gasteiger partial charge in [0.15, 0.2) is 0 Å². The number of benzene rings is 2. The van der Waals surface area contributed by atoms with Gasteiger partial charge in [-0.3, -0.25) is 0 Å². The van der Waals surface area contributed by atoms with Crippen LogP contribution in [0.4, 0.5) is 4.39 Å². The molecule has 2 aromatic carbocycles. The average molecular weight is 251 g/mol. The zero-order valence-corrected chi connectivity index (χ0v) is 9.41. The van der Waals surface area contributed by atoms with Gasteiger partial charge in [0, 0.05) is 16.1 Å². The molecule has 4 heteroatoms. The van der Waals surface area contributed by atoms with Gasteiger partial charge in [-0.1, -0.05) is 29.8 Å². The van der Waals surface area contributed by atoms with Gasteiger partial charge in [0.2, 0.25) is 0 Å². The second kappa shape index (κ2) is 4.55. The Kier molecular flexibility index (Phi) is 3.11. The summed E-state index contributed by atoms with van der Waals surface area (Å²) in [6, 6.07) is 10.3. The summed E-state index contributed by atoms with van der Waals surface area (Å²) in [6.07, 6.45) is 0. The first-order valence-electron chi connectivity index (χ1n) is 4.87. The third kappa shape index (κ3) is 2.29. The highest BCUT2D eigenvalue weighted by atomic mass is 35.5. The molecule has 0 aromatic heterocycles. The molecule has 86 valence electrons. The highest BCUT2D eigenvalue weighted by molar-refractivity contribution is 6.33. The summed E-state index contributed by atoms with van der Waals surface area (Å²) < 4.78 is 13.6. The van der Waals surface area contributed by atoms with E-state index in [9.17, 15) is 9.18 Å². The van der Waals surface area contributed by atoms with E-state index in [1.807, 2.05) is 0 Å². The van der Waals surface area contributed by atoms with Gasteiger partial charge >= 0.3 is 5.97 Å². The molecule has 0 spiro atoms. The highest BCUT2D eigenvalue weighted by Gasteiger charge is 2.11. The van der Waals surface area contributed by atoms with Crippen molar-refractivity contribution >= 4 is 17.6 Å². The number of halogens is 2. The lowest BCUT2D eigenvalue weighted by atomic mass is 10.0. The Morgan fingerprint density at radius 3 is 2.47 bits per heavy atom. The minimum absolute atomic E-state index is 0.0765. The maximum absolute atomic E-state index is 13.6. The summed E-state index contributed by atoms with van der Waals surface area (Å²) in [4.78, 5) is 10.8. The number of carboxylic acids is 1. The number of aromatic carboxylic acids is 1. The van der Waals surface area contributed by atoms with Crippen LogP contribution in [0.2, 0.25) is 5.02 Å². The molecular formula is C13H8ClFO2. The van der Waals surface area contributed by atoms with E-state index in [4.69, 9.17) is 16.7 Å². The van der Waals surface area contributed by atoms with Crippen LogP contribution in [0, 0.1) is 5.82 Å². The van der Waals surface area contributed by atoms with Crippen LogP contribution in [0.1, 0.15) is 10.4 Å².